The van der Waals surface area contributed by atoms with Gasteiger partial charge in [0.25, 0.3) is 5.91 Å². The SMILES string of the molecule is O=C(COC(=O)/C=C/c1c(Cl)cccc1Cl)NC[C@@H]1CCCO1. The molecule has 23 heavy (non-hydrogen) atoms. The van der Waals surface area contributed by atoms with Crippen LogP contribution in [0, 0.1) is 0 Å². The van der Waals surface area contributed by atoms with Crippen LogP contribution in [0.1, 0.15) is 18.4 Å². The highest BCUT2D eigenvalue weighted by molar-refractivity contribution is 6.37. The minimum absolute atomic E-state index is 0.0527. The third-order valence-corrected chi connectivity index (χ3v) is 3.94. The fourth-order valence-electron chi connectivity index (χ4n) is 2.09. The maximum atomic E-state index is 11.6. The normalized spacial score (nSPS) is 17.4. The quantitative estimate of drug-likeness (QED) is 0.627. The minimum Gasteiger partial charge on any atom is -0.452 e. The molecule has 1 amide bonds. The van der Waals surface area contributed by atoms with Crippen molar-refractivity contribution < 1.29 is 19.1 Å². The van der Waals surface area contributed by atoms with Crippen LogP contribution in [-0.2, 0) is 19.1 Å². The summed E-state index contributed by atoms with van der Waals surface area (Å²) in [6, 6.07) is 5.03. The van der Waals surface area contributed by atoms with E-state index in [4.69, 9.17) is 32.7 Å². The second kappa shape index (κ2) is 8.91. The van der Waals surface area contributed by atoms with Crippen molar-refractivity contribution in [3.8, 4) is 0 Å². The van der Waals surface area contributed by atoms with Gasteiger partial charge in [-0.1, -0.05) is 29.3 Å². The molecule has 1 aromatic carbocycles. The predicted octanol–water partition coefficient (Wildman–Crippen LogP) is 2.85. The molecule has 0 spiro atoms. The van der Waals surface area contributed by atoms with E-state index in [1.165, 1.54) is 12.2 Å². The lowest BCUT2D eigenvalue weighted by Gasteiger charge is -2.10. The Balaban J connectivity index is 1.74. The van der Waals surface area contributed by atoms with E-state index >= 15 is 0 Å². The number of rotatable bonds is 6. The number of halogens is 2. The fourth-order valence-corrected chi connectivity index (χ4v) is 2.61. The first-order valence-corrected chi connectivity index (χ1v) is 7.99. The molecule has 0 radical (unpaired) electrons. The van der Waals surface area contributed by atoms with Crippen LogP contribution in [0.25, 0.3) is 6.08 Å². The molecule has 1 N–H and O–H groups in total. The number of carbonyl (C=O) groups excluding carboxylic acids is 2. The average Bonchev–Trinajstić information content (AvgIpc) is 3.04. The maximum absolute atomic E-state index is 11.6. The molecule has 5 nitrogen and oxygen atoms in total. The fraction of sp³-hybridized carbons (Fsp3) is 0.375. The van der Waals surface area contributed by atoms with E-state index in [-0.39, 0.29) is 18.6 Å². The first kappa shape index (κ1) is 17.8. The van der Waals surface area contributed by atoms with E-state index in [1.807, 2.05) is 0 Å². The summed E-state index contributed by atoms with van der Waals surface area (Å²) in [6.45, 7) is 0.818. The summed E-state index contributed by atoms with van der Waals surface area (Å²) in [7, 11) is 0. The highest BCUT2D eigenvalue weighted by atomic mass is 35.5. The standard InChI is InChI=1S/C16H17Cl2NO4/c17-13-4-1-5-14(18)12(13)6-7-16(21)23-10-15(20)19-9-11-3-2-8-22-11/h1,4-7,11H,2-3,8-10H2,(H,19,20)/b7-6+/t11-/m0/s1. The summed E-state index contributed by atoms with van der Waals surface area (Å²) in [4.78, 5) is 23.2. The van der Waals surface area contributed by atoms with Crippen LogP contribution in [0.5, 0.6) is 0 Å². The number of nitrogens with one attached hydrogen (secondary N) is 1. The van der Waals surface area contributed by atoms with E-state index in [2.05, 4.69) is 5.32 Å². The van der Waals surface area contributed by atoms with Gasteiger partial charge in [-0.2, -0.15) is 0 Å². The molecule has 124 valence electrons. The number of amides is 1. The molecule has 0 bridgehead atoms. The molecule has 1 aliphatic heterocycles. The minimum atomic E-state index is -0.645. The van der Waals surface area contributed by atoms with Crippen molar-refractivity contribution in [1.82, 2.24) is 5.32 Å². The van der Waals surface area contributed by atoms with Crippen molar-refractivity contribution in [3.05, 3.63) is 39.9 Å². The van der Waals surface area contributed by atoms with Gasteiger partial charge in [0.1, 0.15) is 0 Å². The number of hydrogen-bond acceptors (Lipinski definition) is 4. The van der Waals surface area contributed by atoms with Gasteiger partial charge in [-0.3, -0.25) is 4.79 Å². The topological polar surface area (TPSA) is 64.6 Å². The molecule has 1 saturated heterocycles. The second-order valence-electron chi connectivity index (χ2n) is 5.02. The molecule has 1 atom stereocenters. The van der Waals surface area contributed by atoms with Gasteiger partial charge in [0.2, 0.25) is 0 Å². The van der Waals surface area contributed by atoms with E-state index in [0.717, 1.165) is 19.4 Å². The van der Waals surface area contributed by atoms with Crippen molar-refractivity contribution in [3.63, 3.8) is 0 Å². The van der Waals surface area contributed by atoms with E-state index < -0.39 is 5.97 Å². The van der Waals surface area contributed by atoms with Crippen LogP contribution in [0.3, 0.4) is 0 Å². The van der Waals surface area contributed by atoms with Gasteiger partial charge in [0.05, 0.1) is 6.10 Å². The smallest absolute Gasteiger partial charge is 0.331 e. The number of carbonyl (C=O) groups is 2. The summed E-state index contributed by atoms with van der Waals surface area (Å²) in [5.74, 6) is -1.01. The highest BCUT2D eigenvalue weighted by Crippen LogP contribution is 2.25. The van der Waals surface area contributed by atoms with Crippen molar-refractivity contribution in [2.45, 2.75) is 18.9 Å². The Kier molecular flexibility index (Phi) is 6.89. The van der Waals surface area contributed by atoms with Crippen molar-refractivity contribution in [2.24, 2.45) is 0 Å². The summed E-state index contributed by atoms with van der Waals surface area (Å²) >= 11 is 12.0. The summed E-state index contributed by atoms with van der Waals surface area (Å²) in [5, 5.41) is 3.52. The van der Waals surface area contributed by atoms with Crippen LogP contribution in [0.15, 0.2) is 24.3 Å². The number of benzene rings is 1. The van der Waals surface area contributed by atoms with Gasteiger partial charge < -0.3 is 14.8 Å². The van der Waals surface area contributed by atoms with Crippen LogP contribution >= 0.6 is 23.2 Å². The van der Waals surface area contributed by atoms with Crippen LogP contribution in [0.4, 0.5) is 0 Å². The summed E-state index contributed by atoms with van der Waals surface area (Å²) < 4.78 is 10.2. The molecule has 1 fully saturated rings. The largest absolute Gasteiger partial charge is 0.452 e. The molecule has 0 aromatic heterocycles. The first-order chi connectivity index (χ1) is 11.1. The Bertz CT molecular complexity index is 577. The molecule has 7 heteroatoms. The molecule has 0 saturated carbocycles. The van der Waals surface area contributed by atoms with E-state index in [1.54, 1.807) is 18.2 Å². The lowest BCUT2D eigenvalue weighted by molar-refractivity contribution is -0.143. The van der Waals surface area contributed by atoms with Gasteiger partial charge in [0, 0.05) is 34.8 Å². The third-order valence-electron chi connectivity index (χ3n) is 3.28. The van der Waals surface area contributed by atoms with Crippen LogP contribution in [-0.4, -0.2) is 37.7 Å². The Labute approximate surface area is 144 Å². The van der Waals surface area contributed by atoms with Gasteiger partial charge in [0.15, 0.2) is 6.61 Å². The molecule has 0 unspecified atom stereocenters. The zero-order valence-corrected chi connectivity index (χ0v) is 13.9. The Hall–Kier alpha value is -1.56. The molecule has 1 aliphatic rings. The zero-order valence-electron chi connectivity index (χ0n) is 12.4. The van der Waals surface area contributed by atoms with E-state index in [0.29, 0.717) is 22.2 Å². The van der Waals surface area contributed by atoms with Crippen LogP contribution < -0.4 is 5.32 Å². The number of hydrogen-bond donors (Lipinski definition) is 1. The average molecular weight is 358 g/mol. The predicted molar refractivity (Wildman–Crippen MR) is 88.4 cm³/mol. The van der Waals surface area contributed by atoms with E-state index in [9.17, 15) is 9.59 Å². The number of esters is 1. The molecule has 1 heterocycles. The highest BCUT2D eigenvalue weighted by Gasteiger charge is 2.16. The Morgan fingerprint density at radius 1 is 1.35 bits per heavy atom. The zero-order chi connectivity index (χ0) is 16.7. The van der Waals surface area contributed by atoms with Crippen molar-refractivity contribution >= 4 is 41.2 Å². The monoisotopic (exact) mass is 357 g/mol. The molecular formula is C16H17Cl2NO4. The van der Waals surface area contributed by atoms with Crippen molar-refractivity contribution in [1.29, 1.82) is 0 Å². The Morgan fingerprint density at radius 2 is 2.09 bits per heavy atom. The lowest BCUT2D eigenvalue weighted by atomic mass is 10.2. The molecular weight excluding hydrogens is 341 g/mol. The second-order valence-corrected chi connectivity index (χ2v) is 5.83. The maximum Gasteiger partial charge on any atom is 0.331 e. The van der Waals surface area contributed by atoms with Gasteiger partial charge in [-0.25, -0.2) is 4.79 Å². The van der Waals surface area contributed by atoms with Crippen molar-refractivity contribution in [2.75, 3.05) is 19.8 Å². The third kappa shape index (κ3) is 5.86. The summed E-state index contributed by atoms with van der Waals surface area (Å²) in [6.07, 6.45) is 4.63. The Morgan fingerprint density at radius 3 is 2.74 bits per heavy atom. The summed E-state index contributed by atoms with van der Waals surface area (Å²) in [5.41, 5.74) is 0.524. The van der Waals surface area contributed by atoms with Gasteiger partial charge in [-0.15, -0.1) is 0 Å². The lowest BCUT2D eigenvalue weighted by Crippen LogP contribution is -2.34. The molecule has 0 aliphatic carbocycles. The first-order valence-electron chi connectivity index (χ1n) is 7.23. The van der Waals surface area contributed by atoms with Gasteiger partial charge >= 0.3 is 5.97 Å². The van der Waals surface area contributed by atoms with Crippen LogP contribution in [0.2, 0.25) is 10.0 Å². The number of ether oxygens (including phenoxy) is 2. The van der Waals surface area contributed by atoms with Gasteiger partial charge in [-0.05, 0) is 31.1 Å². The molecule has 1 aromatic rings. The molecule has 2 rings (SSSR count).